The van der Waals surface area contributed by atoms with Crippen LogP contribution in [0.1, 0.15) is 43.6 Å². The number of hydrogen-bond donors (Lipinski definition) is 2. The number of carbonyl (C=O) groups excluding carboxylic acids is 1. The molecule has 0 atom stereocenters. The number of aromatic amines is 1. The third kappa shape index (κ3) is 3.77. The summed E-state index contributed by atoms with van der Waals surface area (Å²) in [7, 11) is 0. The third-order valence-corrected chi connectivity index (χ3v) is 3.40. The van der Waals surface area contributed by atoms with Crippen LogP contribution in [0.2, 0.25) is 0 Å². The molecule has 0 aromatic carbocycles. The lowest BCUT2D eigenvalue weighted by atomic mass is 10.1. The molecule has 0 saturated heterocycles. The van der Waals surface area contributed by atoms with Gasteiger partial charge in [0.1, 0.15) is 0 Å². The van der Waals surface area contributed by atoms with Crippen molar-refractivity contribution in [1.82, 2.24) is 24.6 Å². The van der Waals surface area contributed by atoms with Gasteiger partial charge in [0, 0.05) is 24.5 Å². The number of rotatable bonds is 4. The zero-order chi connectivity index (χ0) is 17.2. The van der Waals surface area contributed by atoms with E-state index in [1.807, 2.05) is 27.7 Å². The van der Waals surface area contributed by atoms with Gasteiger partial charge in [-0.25, -0.2) is 4.79 Å². The Morgan fingerprint density at radius 3 is 2.57 bits per heavy atom. The van der Waals surface area contributed by atoms with Crippen molar-refractivity contribution in [3.63, 3.8) is 0 Å². The summed E-state index contributed by atoms with van der Waals surface area (Å²) in [6, 6.07) is 0. The Labute approximate surface area is 133 Å². The van der Waals surface area contributed by atoms with Gasteiger partial charge in [-0.2, -0.15) is 5.10 Å². The average molecular weight is 319 g/mol. The summed E-state index contributed by atoms with van der Waals surface area (Å²) in [5.74, 6) is -0.322. The molecule has 0 radical (unpaired) electrons. The monoisotopic (exact) mass is 319 g/mol. The van der Waals surface area contributed by atoms with E-state index in [1.165, 1.54) is 17.0 Å². The number of H-pyrrole nitrogens is 1. The van der Waals surface area contributed by atoms with E-state index in [0.717, 1.165) is 0 Å². The fraction of sp³-hybridized carbons (Fsp3) is 0.467. The molecule has 0 aliphatic rings. The van der Waals surface area contributed by atoms with Crippen LogP contribution >= 0.6 is 0 Å². The number of nitrogens with zero attached hydrogens (tertiary/aromatic N) is 3. The Hall–Kier alpha value is -2.64. The molecule has 8 heteroatoms. The van der Waals surface area contributed by atoms with Crippen molar-refractivity contribution >= 4 is 5.91 Å². The highest BCUT2D eigenvalue weighted by Crippen LogP contribution is 2.09. The van der Waals surface area contributed by atoms with Crippen LogP contribution in [-0.2, 0) is 18.6 Å². The van der Waals surface area contributed by atoms with E-state index in [2.05, 4.69) is 15.4 Å². The third-order valence-electron chi connectivity index (χ3n) is 3.40. The van der Waals surface area contributed by atoms with Crippen molar-refractivity contribution in [2.45, 2.75) is 46.3 Å². The Balaban J connectivity index is 2.19. The van der Waals surface area contributed by atoms with E-state index in [4.69, 9.17) is 0 Å². The molecule has 0 unspecified atom stereocenters. The molecule has 2 N–H and O–H groups in total. The molecule has 2 rings (SSSR count). The Bertz CT molecular complexity index is 823. The number of hydrogen-bond acceptors (Lipinski definition) is 4. The lowest BCUT2D eigenvalue weighted by Gasteiger charge is -2.22. The molecule has 0 saturated carbocycles. The van der Waals surface area contributed by atoms with Crippen LogP contribution in [0, 0.1) is 0 Å². The number of carbonyl (C=O) groups is 1. The van der Waals surface area contributed by atoms with Gasteiger partial charge >= 0.3 is 5.69 Å². The normalized spacial score (nSPS) is 11.5. The predicted octanol–water partition coefficient (Wildman–Crippen LogP) is 0.438. The van der Waals surface area contributed by atoms with Crippen LogP contribution in [-0.4, -0.2) is 25.2 Å². The minimum atomic E-state index is -0.500. The van der Waals surface area contributed by atoms with Crippen molar-refractivity contribution in [2.24, 2.45) is 0 Å². The molecule has 2 aromatic heterocycles. The van der Waals surface area contributed by atoms with Gasteiger partial charge in [0.2, 0.25) is 0 Å². The first-order valence-electron chi connectivity index (χ1n) is 7.38. The molecular weight excluding hydrogens is 298 g/mol. The summed E-state index contributed by atoms with van der Waals surface area (Å²) < 4.78 is 3.08. The topological polar surface area (TPSA) is 102 Å². The number of aromatic nitrogens is 4. The van der Waals surface area contributed by atoms with E-state index >= 15 is 0 Å². The molecule has 0 aliphatic heterocycles. The van der Waals surface area contributed by atoms with Gasteiger partial charge in [0.25, 0.3) is 11.5 Å². The predicted molar refractivity (Wildman–Crippen MR) is 85.4 cm³/mol. The Morgan fingerprint density at radius 1 is 1.30 bits per heavy atom. The second kappa shape index (κ2) is 6.23. The summed E-state index contributed by atoms with van der Waals surface area (Å²) in [6.45, 7) is 8.19. The smallest absolute Gasteiger partial charge is 0.328 e. The van der Waals surface area contributed by atoms with Crippen LogP contribution in [0.25, 0.3) is 0 Å². The van der Waals surface area contributed by atoms with Crippen molar-refractivity contribution < 1.29 is 4.79 Å². The van der Waals surface area contributed by atoms with E-state index in [0.29, 0.717) is 17.7 Å². The van der Waals surface area contributed by atoms with Gasteiger partial charge < -0.3 is 5.32 Å². The number of amides is 1. The van der Waals surface area contributed by atoms with Crippen molar-refractivity contribution in [3.05, 3.63) is 50.6 Å². The van der Waals surface area contributed by atoms with Gasteiger partial charge in [-0.1, -0.05) is 0 Å². The second-order valence-electron chi connectivity index (χ2n) is 6.22. The highest BCUT2D eigenvalue weighted by atomic mass is 16.2. The van der Waals surface area contributed by atoms with E-state index < -0.39 is 16.8 Å². The summed E-state index contributed by atoms with van der Waals surface area (Å²) in [5, 5.41) is 6.69. The van der Waals surface area contributed by atoms with Crippen LogP contribution in [0.5, 0.6) is 0 Å². The maximum atomic E-state index is 12.1. The molecule has 23 heavy (non-hydrogen) atoms. The first kappa shape index (κ1) is 16.7. The lowest BCUT2D eigenvalue weighted by molar-refractivity contribution is 0.0950. The molecule has 2 heterocycles. The minimum Gasteiger partial charge on any atom is -0.348 e. The van der Waals surface area contributed by atoms with Gasteiger partial charge in [-0.05, 0) is 27.7 Å². The fourth-order valence-electron chi connectivity index (χ4n) is 2.07. The lowest BCUT2D eigenvalue weighted by Crippen LogP contribution is -2.40. The van der Waals surface area contributed by atoms with Crippen molar-refractivity contribution in [1.29, 1.82) is 0 Å². The molecule has 0 aliphatic carbocycles. The summed E-state index contributed by atoms with van der Waals surface area (Å²) in [5.41, 5.74) is -0.701. The van der Waals surface area contributed by atoms with Gasteiger partial charge in [0.05, 0.1) is 23.9 Å². The molecule has 0 bridgehead atoms. The number of aryl methyl sites for hydroxylation is 1. The van der Waals surface area contributed by atoms with E-state index in [-0.39, 0.29) is 12.5 Å². The van der Waals surface area contributed by atoms with Crippen LogP contribution in [0.15, 0.2) is 28.2 Å². The van der Waals surface area contributed by atoms with Crippen molar-refractivity contribution in [3.8, 4) is 0 Å². The van der Waals surface area contributed by atoms with Gasteiger partial charge in [0.15, 0.2) is 0 Å². The largest absolute Gasteiger partial charge is 0.348 e. The molecule has 8 nitrogen and oxygen atoms in total. The highest BCUT2D eigenvalue weighted by molar-refractivity contribution is 5.93. The zero-order valence-electron chi connectivity index (χ0n) is 13.7. The minimum absolute atomic E-state index is 0.0296. The maximum absolute atomic E-state index is 12.1. The van der Waals surface area contributed by atoms with E-state index in [9.17, 15) is 14.4 Å². The average Bonchev–Trinajstić information content (AvgIpc) is 2.93. The summed E-state index contributed by atoms with van der Waals surface area (Å²) in [4.78, 5) is 38.1. The Kier molecular flexibility index (Phi) is 4.53. The first-order chi connectivity index (χ1) is 10.7. The molecule has 1 amide bonds. The first-order valence-corrected chi connectivity index (χ1v) is 7.38. The van der Waals surface area contributed by atoms with E-state index in [1.54, 1.807) is 10.9 Å². The maximum Gasteiger partial charge on any atom is 0.328 e. The Morgan fingerprint density at radius 2 is 2.00 bits per heavy atom. The number of nitrogens with one attached hydrogen (secondary N) is 2. The van der Waals surface area contributed by atoms with Crippen LogP contribution in [0.4, 0.5) is 0 Å². The highest BCUT2D eigenvalue weighted by Gasteiger charge is 2.17. The quantitative estimate of drug-likeness (QED) is 0.853. The SMILES string of the molecule is CCn1cc(C(=O)NCc2cn(C(C)(C)C)c(=O)[nH]c2=O)cn1. The molecule has 124 valence electrons. The molecule has 0 spiro atoms. The molecule has 2 aromatic rings. The van der Waals surface area contributed by atoms with Crippen LogP contribution < -0.4 is 16.6 Å². The van der Waals surface area contributed by atoms with Crippen molar-refractivity contribution in [2.75, 3.05) is 0 Å². The van der Waals surface area contributed by atoms with Gasteiger partial charge in [-0.3, -0.25) is 23.8 Å². The zero-order valence-corrected chi connectivity index (χ0v) is 13.7. The summed E-state index contributed by atoms with van der Waals surface area (Å²) >= 11 is 0. The standard InChI is InChI=1S/C15H21N5O3/c1-5-19-8-11(7-17-19)12(21)16-6-10-9-20(15(2,3)4)14(23)18-13(10)22/h7-9H,5-6H2,1-4H3,(H,16,21)(H,18,22,23). The fourth-order valence-corrected chi connectivity index (χ4v) is 2.07. The van der Waals surface area contributed by atoms with Crippen LogP contribution in [0.3, 0.4) is 0 Å². The molecular formula is C15H21N5O3. The summed E-state index contributed by atoms with van der Waals surface area (Å²) in [6.07, 6.45) is 4.59. The van der Waals surface area contributed by atoms with Gasteiger partial charge in [-0.15, -0.1) is 0 Å². The molecule has 0 fully saturated rings. The second-order valence-corrected chi connectivity index (χ2v) is 6.22.